The molecule has 2 heteroatoms. The number of hydrogen-bond acceptors (Lipinski definition) is 2. The van der Waals surface area contributed by atoms with Crippen molar-refractivity contribution in [2.75, 3.05) is 0 Å². The van der Waals surface area contributed by atoms with E-state index in [0.29, 0.717) is 23.7 Å². The van der Waals surface area contributed by atoms with E-state index in [1.54, 1.807) is 0 Å². The van der Waals surface area contributed by atoms with Crippen LogP contribution < -0.4 is 0 Å². The lowest BCUT2D eigenvalue weighted by Gasteiger charge is -2.47. The maximum absolute atomic E-state index is 11.3. The lowest BCUT2D eigenvalue weighted by atomic mass is 9.55. The average Bonchev–Trinajstić information content (AvgIpc) is 3.17. The van der Waals surface area contributed by atoms with Crippen LogP contribution in [-0.4, -0.2) is 0 Å². The second-order valence-corrected chi connectivity index (χ2v) is 18.7. The van der Waals surface area contributed by atoms with Gasteiger partial charge in [-0.2, -0.15) is 10.5 Å². The highest BCUT2D eigenvalue weighted by Gasteiger charge is 2.49. The Morgan fingerprint density at radius 3 is 1.76 bits per heavy atom. The number of rotatable bonds is 12. The van der Waals surface area contributed by atoms with Crippen LogP contribution in [0.3, 0.4) is 0 Å². The highest BCUT2D eigenvalue weighted by Crippen LogP contribution is 2.56. The summed E-state index contributed by atoms with van der Waals surface area (Å²) in [6.07, 6.45) is 25.3. The summed E-state index contributed by atoms with van der Waals surface area (Å²) in [5, 5.41) is 22.2. The van der Waals surface area contributed by atoms with Crippen LogP contribution in [0, 0.1) is 63.1 Å². The number of benzene rings is 2. The van der Waals surface area contributed by atoms with Crippen molar-refractivity contribution in [3.63, 3.8) is 0 Å². The molecule has 4 aliphatic rings. The molecule has 0 N–H and O–H groups in total. The highest BCUT2D eigenvalue weighted by atomic mass is 14.5. The van der Waals surface area contributed by atoms with Gasteiger partial charge in [0.1, 0.15) is 0 Å². The van der Waals surface area contributed by atoms with E-state index in [0.717, 1.165) is 63.2 Å². The van der Waals surface area contributed by atoms with Crippen LogP contribution in [0.25, 0.3) is 0 Å². The van der Waals surface area contributed by atoms with Crippen molar-refractivity contribution < 1.29 is 0 Å². The van der Waals surface area contributed by atoms with E-state index in [-0.39, 0.29) is 22.7 Å². The molecular weight excluding hydrogens is 617 g/mol. The van der Waals surface area contributed by atoms with Gasteiger partial charge < -0.3 is 0 Å². The van der Waals surface area contributed by atoms with Crippen LogP contribution in [0.1, 0.15) is 196 Å². The Hall–Kier alpha value is -2.58. The van der Waals surface area contributed by atoms with Crippen LogP contribution in [0.2, 0.25) is 0 Å². The van der Waals surface area contributed by atoms with Gasteiger partial charge in [0.25, 0.3) is 0 Å². The fourth-order valence-electron chi connectivity index (χ4n) is 12.0. The van der Waals surface area contributed by atoms with Crippen LogP contribution in [0.15, 0.2) is 48.5 Å². The van der Waals surface area contributed by atoms with Crippen LogP contribution in [0.5, 0.6) is 0 Å². The first-order valence-corrected chi connectivity index (χ1v) is 21.8. The maximum atomic E-state index is 11.3. The summed E-state index contributed by atoms with van der Waals surface area (Å²) in [5.41, 5.74) is 5.11. The van der Waals surface area contributed by atoms with Gasteiger partial charge in [-0.05, 0) is 159 Å². The van der Waals surface area contributed by atoms with Crippen LogP contribution in [0.4, 0.5) is 0 Å². The summed E-state index contributed by atoms with van der Waals surface area (Å²) in [7, 11) is 0. The minimum Gasteiger partial charge on any atom is -0.198 e. The fourth-order valence-corrected chi connectivity index (χ4v) is 12.0. The van der Waals surface area contributed by atoms with Crippen molar-refractivity contribution in [2.24, 2.45) is 40.4 Å². The number of nitrogens with zero attached hydrogens (tertiary/aromatic N) is 2. The van der Waals surface area contributed by atoms with E-state index in [1.807, 2.05) is 0 Å². The van der Waals surface area contributed by atoms with Crippen molar-refractivity contribution in [1.82, 2.24) is 0 Å². The number of hydrogen-bond donors (Lipinski definition) is 0. The second-order valence-electron chi connectivity index (χ2n) is 18.7. The summed E-state index contributed by atoms with van der Waals surface area (Å²) in [4.78, 5) is 0. The molecule has 2 aromatic rings. The SMILES string of the molecule is CCCC1CCC(c2ccc(C(CC3(C#N)CCCC(C)C3)C(Cc3ccc(C4CCC(CC)CC4)cc3)C3(C#N)CCCC(C)C3)cc2)CC1. The molecule has 0 amide bonds. The first kappa shape index (κ1) is 38.2. The summed E-state index contributed by atoms with van der Waals surface area (Å²) < 4.78 is 0. The third-order valence-electron chi connectivity index (χ3n) is 15.1. The van der Waals surface area contributed by atoms with Crippen molar-refractivity contribution in [2.45, 2.75) is 180 Å². The van der Waals surface area contributed by atoms with E-state index in [1.165, 1.54) is 106 Å². The highest BCUT2D eigenvalue weighted by molar-refractivity contribution is 5.33. The zero-order valence-electron chi connectivity index (χ0n) is 33.0. The Morgan fingerprint density at radius 1 is 0.667 bits per heavy atom. The van der Waals surface area contributed by atoms with E-state index in [9.17, 15) is 10.5 Å². The van der Waals surface area contributed by atoms with Crippen LogP contribution in [-0.2, 0) is 6.42 Å². The zero-order chi connectivity index (χ0) is 35.8. The van der Waals surface area contributed by atoms with Crippen LogP contribution >= 0.6 is 0 Å². The molecule has 2 aromatic carbocycles. The van der Waals surface area contributed by atoms with Crippen molar-refractivity contribution in [3.8, 4) is 12.1 Å². The first-order valence-electron chi connectivity index (χ1n) is 21.8. The van der Waals surface area contributed by atoms with Gasteiger partial charge in [-0.3, -0.25) is 0 Å². The van der Waals surface area contributed by atoms with Crippen molar-refractivity contribution in [3.05, 3.63) is 70.8 Å². The third-order valence-corrected chi connectivity index (χ3v) is 15.1. The fraction of sp³-hybridized carbons (Fsp3) is 0.714. The molecule has 0 saturated heterocycles. The summed E-state index contributed by atoms with van der Waals surface area (Å²) in [6, 6.07) is 25.5. The van der Waals surface area contributed by atoms with Gasteiger partial charge in [0.05, 0.1) is 23.0 Å². The minimum absolute atomic E-state index is 0.189. The van der Waals surface area contributed by atoms with E-state index >= 15 is 0 Å². The van der Waals surface area contributed by atoms with E-state index in [4.69, 9.17) is 0 Å². The Morgan fingerprint density at radius 2 is 1.24 bits per heavy atom. The predicted octanol–water partition coefficient (Wildman–Crippen LogP) is 14.2. The second kappa shape index (κ2) is 17.5. The summed E-state index contributed by atoms with van der Waals surface area (Å²) in [5.74, 6) is 4.73. The van der Waals surface area contributed by atoms with Crippen molar-refractivity contribution >= 4 is 0 Å². The molecule has 276 valence electrons. The maximum Gasteiger partial charge on any atom is 0.0693 e. The Bertz CT molecular complexity index is 1440. The lowest BCUT2D eigenvalue weighted by Crippen LogP contribution is -2.41. The molecule has 51 heavy (non-hydrogen) atoms. The van der Waals surface area contributed by atoms with Gasteiger partial charge >= 0.3 is 0 Å². The monoisotopic (exact) mass is 687 g/mol. The summed E-state index contributed by atoms with van der Waals surface area (Å²) >= 11 is 0. The molecule has 4 fully saturated rings. The van der Waals surface area contributed by atoms with Gasteiger partial charge in [0, 0.05) is 0 Å². The zero-order valence-corrected chi connectivity index (χ0v) is 33.0. The topological polar surface area (TPSA) is 47.6 Å². The minimum atomic E-state index is -0.368. The quantitative estimate of drug-likeness (QED) is 0.223. The molecule has 0 bridgehead atoms. The van der Waals surface area contributed by atoms with Crippen molar-refractivity contribution in [1.29, 1.82) is 10.5 Å². The summed E-state index contributed by atoms with van der Waals surface area (Å²) in [6.45, 7) is 9.42. The van der Waals surface area contributed by atoms with Gasteiger partial charge in [0.15, 0.2) is 0 Å². The van der Waals surface area contributed by atoms with Gasteiger partial charge in [-0.1, -0.05) is 121 Å². The standard InChI is InChI=1S/C49H70N2/c1-5-9-39-14-20-42(21-15-39)44-24-26-45(27-25-44)46(33-48(34-50)28-7-10-36(3)31-48)47(49(35-51)29-8-11-37(4)32-49)30-40-16-22-43(23-17-40)41-18-12-38(6-2)13-19-41/h16-17,22-27,36-39,41-42,46-47H,5-15,18-21,28-33H2,1-4H3. The van der Waals surface area contributed by atoms with E-state index < -0.39 is 0 Å². The molecule has 4 aliphatic carbocycles. The molecule has 0 spiro atoms. The van der Waals surface area contributed by atoms with Gasteiger partial charge in [-0.15, -0.1) is 0 Å². The molecule has 0 heterocycles. The molecule has 0 radical (unpaired) electrons. The van der Waals surface area contributed by atoms with Gasteiger partial charge in [-0.25, -0.2) is 0 Å². The molecular formula is C49H70N2. The molecule has 2 nitrogen and oxygen atoms in total. The predicted molar refractivity (Wildman–Crippen MR) is 213 cm³/mol. The Balaban J connectivity index is 1.34. The average molecular weight is 687 g/mol. The van der Waals surface area contributed by atoms with Gasteiger partial charge in [0.2, 0.25) is 0 Å². The molecule has 0 aliphatic heterocycles. The third kappa shape index (κ3) is 9.15. The molecule has 6 rings (SSSR count). The largest absolute Gasteiger partial charge is 0.198 e. The Kier molecular flexibility index (Phi) is 13.1. The molecule has 4 saturated carbocycles. The Labute approximate surface area is 313 Å². The van der Waals surface area contributed by atoms with E-state index in [2.05, 4.69) is 88.4 Å². The lowest BCUT2D eigenvalue weighted by molar-refractivity contribution is 0.0828. The first-order chi connectivity index (χ1) is 24.8. The molecule has 0 aromatic heterocycles. The number of nitriles is 2. The smallest absolute Gasteiger partial charge is 0.0693 e. The molecule has 6 unspecified atom stereocenters. The molecule has 6 atom stereocenters. The normalized spacial score (nSPS) is 34.2.